The van der Waals surface area contributed by atoms with Crippen molar-refractivity contribution < 1.29 is 9.59 Å². The van der Waals surface area contributed by atoms with Crippen molar-refractivity contribution in [1.82, 2.24) is 4.90 Å². The number of ketones is 1. The molecule has 2 heterocycles. The number of fused-ring (bicyclic) bond motifs is 1. The largest absolute Gasteiger partial charge is 0.337 e. The highest BCUT2D eigenvalue weighted by Gasteiger charge is 2.26. The molecule has 0 aromatic carbocycles. The molecule has 0 radical (unpaired) electrons. The Morgan fingerprint density at radius 2 is 2.18 bits per heavy atom. The van der Waals surface area contributed by atoms with Crippen LogP contribution < -0.4 is 0 Å². The van der Waals surface area contributed by atoms with Crippen molar-refractivity contribution >= 4 is 39.0 Å². The summed E-state index contributed by atoms with van der Waals surface area (Å²) in [7, 11) is 0. The third-order valence-corrected chi connectivity index (χ3v) is 4.72. The quantitative estimate of drug-likeness (QED) is 0.621. The van der Waals surface area contributed by atoms with Crippen molar-refractivity contribution in [3.63, 3.8) is 0 Å². The lowest BCUT2D eigenvalue weighted by molar-refractivity contribution is -0.129. The van der Waals surface area contributed by atoms with Crippen molar-refractivity contribution in [2.45, 2.75) is 26.8 Å². The average Bonchev–Trinajstić information content (AvgIpc) is 2.62. The SMILES string of the molecule is CC(=O)N1CCc2c(sc(C)c2C(=O)CBr)C1. The van der Waals surface area contributed by atoms with Crippen LogP contribution in [0.3, 0.4) is 0 Å². The van der Waals surface area contributed by atoms with Crippen molar-refractivity contribution in [2.75, 3.05) is 11.9 Å². The molecule has 0 fully saturated rings. The summed E-state index contributed by atoms with van der Waals surface area (Å²) < 4.78 is 0. The second-order valence-corrected chi connectivity index (χ2v) is 6.05. The average molecular weight is 316 g/mol. The highest BCUT2D eigenvalue weighted by molar-refractivity contribution is 9.09. The summed E-state index contributed by atoms with van der Waals surface area (Å²) in [5.74, 6) is 0.256. The van der Waals surface area contributed by atoms with E-state index in [-0.39, 0.29) is 11.7 Å². The summed E-state index contributed by atoms with van der Waals surface area (Å²) in [4.78, 5) is 27.3. The van der Waals surface area contributed by atoms with Gasteiger partial charge in [0.15, 0.2) is 5.78 Å². The summed E-state index contributed by atoms with van der Waals surface area (Å²) in [6.07, 6.45) is 0.799. The zero-order valence-electron chi connectivity index (χ0n) is 9.88. The van der Waals surface area contributed by atoms with Crippen molar-refractivity contribution in [2.24, 2.45) is 0 Å². The zero-order valence-corrected chi connectivity index (χ0v) is 12.3. The van der Waals surface area contributed by atoms with Gasteiger partial charge in [0.05, 0.1) is 11.9 Å². The number of rotatable bonds is 2. The van der Waals surface area contributed by atoms with Gasteiger partial charge in [-0.3, -0.25) is 9.59 Å². The molecule has 0 unspecified atom stereocenters. The third kappa shape index (κ3) is 2.31. The Hall–Kier alpha value is -0.680. The van der Waals surface area contributed by atoms with Gasteiger partial charge in [-0.2, -0.15) is 0 Å². The lowest BCUT2D eigenvalue weighted by atomic mass is 9.99. The van der Waals surface area contributed by atoms with Gasteiger partial charge < -0.3 is 4.90 Å². The van der Waals surface area contributed by atoms with Gasteiger partial charge in [-0.15, -0.1) is 11.3 Å². The molecule has 0 spiro atoms. The fraction of sp³-hybridized carbons (Fsp3) is 0.500. The first kappa shape index (κ1) is 12.8. The summed E-state index contributed by atoms with van der Waals surface area (Å²) in [6.45, 7) is 4.96. The van der Waals surface area contributed by atoms with E-state index in [0.717, 1.165) is 29.0 Å². The first-order chi connectivity index (χ1) is 8.04. The molecule has 0 bridgehead atoms. The van der Waals surface area contributed by atoms with E-state index >= 15 is 0 Å². The molecule has 5 heteroatoms. The number of halogens is 1. The Morgan fingerprint density at radius 3 is 2.76 bits per heavy atom. The summed E-state index contributed by atoms with van der Waals surface area (Å²) in [5, 5.41) is 0.368. The van der Waals surface area contributed by atoms with E-state index in [1.807, 2.05) is 11.8 Å². The monoisotopic (exact) mass is 315 g/mol. The highest BCUT2D eigenvalue weighted by Crippen LogP contribution is 2.33. The maximum absolute atomic E-state index is 11.9. The van der Waals surface area contributed by atoms with Crippen molar-refractivity contribution in [3.8, 4) is 0 Å². The number of hydrogen-bond donors (Lipinski definition) is 0. The third-order valence-electron chi connectivity index (χ3n) is 3.08. The Morgan fingerprint density at radius 1 is 1.47 bits per heavy atom. The topological polar surface area (TPSA) is 37.4 Å². The van der Waals surface area contributed by atoms with Crippen LogP contribution in [-0.2, 0) is 17.8 Å². The van der Waals surface area contributed by atoms with Gasteiger partial charge in [-0.25, -0.2) is 0 Å². The lowest BCUT2D eigenvalue weighted by Gasteiger charge is -2.26. The molecule has 1 aromatic heterocycles. The zero-order chi connectivity index (χ0) is 12.6. The first-order valence-corrected chi connectivity index (χ1v) is 7.44. The van der Waals surface area contributed by atoms with E-state index in [1.165, 1.54) is 4.88 Å². The molecule has 3 nitrogen and oxygen atoms in total. The highest BCUT2D eigenvalue weighted by atomic mass is 79.9. The van der Waals surface area contributed by atoms with Gasteiger partial charge in [0.1, 0.15) is 0 Å². The molecule has 0 aliphatic carbocycles. The molecule has 1 aromatic rings. The summed E-state index contributed by atoms with van der Waals surface area (Å²) >= 11 is 4.87. The fourth-order valence-corrected chi connectivity index (χ4v) is 3.78. The molecule has 1 amide bonds. The molecule has 2 rings (SSSR count). The molecule has 92 valence electrons. The van der Waals surface area contributed by atoms with E-state index in [9.17, 15) is 9.59 Å². The van der Waals surface area contributed by atoms with E-state index in [2.05, 4.69) is 15.9 Å². The van der Waals surface area contributed by atoms with Crippen LogP contribution in [0.1, 0.15) is 32.6 Å². The van der Waals surface area contributed by atoms with Crippen LogP contribution in [-0.4, -0.2) is 28.5 Å². The minimum atomic E-state index is 0.107. The Kier molecular flexibility index (Phi) is 3.68. The second kappa shape index (κ2) is 4.90. The van der Waals surface area contributed by atoms with Gasteiger partial charge >= 0.3 is 0 Å². The molecule has 0 N–H and O–H groups in total. The fourth-order valence-electron chi connectivity index (χ4n) is 2.24. The van der Waals surface area contributed by atoms with Gasteiger partial charge in [-0.1, -0.05) is 15.9 Å². The predicted molar refractivity (Wildman–Crippen MR) is 72.0 cm³/mol. The Bertz CT molecular complexity index is 481. The summed E-state index contributed by atoms with van der Waals surface area (Å²) in [5.41, 5.74) is 2.04. The number of carbonyl (C=O) groups is 2. The van der Waals surface area contributed by atoms with Crippen LogP contribution in [0.5, 0.6) is 0 Å². The number of aryl methyl sites for hydroxylation is 1. The minimum Gasteiger partial charge on any atom is -0.337 e. The first-order valence-electron chi connectivity index (χ1n) is 5.50. The Balaban J connectivity index is 2.37. The van der Waals surface area contributed by atoms with Crippen LogP contribution in [0.4, 0.5) is 0 Å². The molecule has 1 aliphatic heterocycles. The summed E-state index contributed by atoms with van der Waals surface area (Å²) in [6, 6.07) is 0. The number of Topliss-reactive ketones (excluding diaryl/α,β-unsaturated/α-hetero) is 1. The molecule has 0 saturated carbocycles. The molecular weight excluding hydrogens is 302 g/mol. The molecule has 1 aliphatic rings. The Labute approximate surface area is 113 Å². The molecule has 0 atom stereocenters. The smallest absolute Gasteiger partial charge is 0.219 e. The maximum Gasteiger partial charge on any atom is 0.219 e. The maximum atomic E-state index is 11.9. The number of thiophene rings is 1. The van der Waals surface area contributed by atoms with E-state index in [4.69, 9.17) is 0 Å². The van der Waals surface area contributed by atoms with Crippen molar-refractivity contribution in [3.05, 3.63) is 20.9 Å². The van der Waals surface area contributed by atoms with Crippen LogP contribution in [0.15, 0.2) is 0 Å². The molecular formula is C12H14BrNO2S. The van der Waals surface area contributed by atoms with E-state index in [0.29, 0.717) is 11.9 Å². The second-order valence-electron chi connectivity index (χ2n) is 4.18. The normalized spacial score (nSPS) is 14.6. The van der Waals surface area contributed by atoms with Gasteiger partial charge in [0, 0.05) is 28.8 Å². The van der Waals surface area contributed by atoms with Gasteiger partial charge in [0.25, 0.3) is 0 Å². The molecule has 17 heavy (non-hydrogen) atoms. The van der Waals surface area contributed by atoms with Crippen molar-refractivity contribution in [1.29, 1.82) is 0 Å². The van der Waals surface area contributed by atoms with E-state index < -0.39 is 0 Å². The van der Waals surface area contributed by atoms with Crippen LogP contribution >= 0.6 is 27.3 Å². The minimum absolute atomic E-state index is 0.107. The van der Waals surface area contributed by atoms with E-state index in [1.54, 1.807) is 18.3 Å². The number of alkyl halides is 1. The van der Waals surface area contributed by atoms with Crippen LogP contribution in [0.25, 0.3) is 0 Å². The molecule has 0 saturated heterocycles. The lowest BCUT2D eigenvalue weighted by Crippen LogP contribution is -2.33. The van der Waals surface area contributed by atoms with Crippen LogP contribution in [0, 0.1) is 6.92 Å². The standard InChI is InChI=1S/C12H14BrNO2S/c1-7-12(10(16)5-13)9-3-4-14(8(2)15)6-11(9)17-7/h3-6H2,1-2H3. The van der Waals surface area contributed by atoms with Gasteiger partial charge in [0.2, 0.25) is 5.91 Å². The number of nitrogens with zero attached hydrogens (tertiary/aromatic N) is 1. The number of amides is 1. The number of hydrogen-bond acceptors (Lipinski definition) is 3. The predicted octanol–water partition coefficient (Wildman–Crippen LogP) is 2.54. The van der Waals surface area contributed by atoms with Gasteiger partial charge in [-0.05, 0) is 18.9 Å². The van der Waals surface area contributed by atoms with Crippen LogP contribution in [0.2, 0.25) is 0 Å². The number of carbonyl (C=O) groups excluding carboxylic acids is 2.